The maximum absolute atomic E-state index is 4.60. The molecule has 0 spiro atoms. The number of hydrogen-bond acceptors (Lipinski definition) is 5. The SMILES string of the molecule is c1ccc(N2CCN(c3ccc4nccn4n3)CC2)nc1. The van der Waals surface area contributed by atoms with Gasteiger partial charge in [-0.3, -0.25) is 0 Å². The molecule has 4 rings (SSSR count). The quantitative estimate of drug-likeness (QED) is 0.711. The van der Waals surface area contributed by atoms with Crippen molar-refractivity contribution in [3.8, 4) is 0 Å². The number of rotatable bonds is 2. The molecule has 0 amide bonds. The van der Waals surface area contributed by atoms with E-state index in [0.29, 0.717) is 0 Å². The van der Waals surface area contributed by atoms with Gasteiger partial charge in [0.1, 0.15) is 11.6 Å². The molecule has 1 fully saturated rings. The van der Waals surface area contributed by atoms with E-state index in [0.717, 1.165) is 43.5 Å². The molecule has 1 saturated heterocycles. The number of pyridine rings is 1. The van der Waals surface area contributed by atoms with Gasteiger partial charge in [0.25, 0.3) is 0 Å². The minimum Gasteiger partial charge on any atom is -0.353 e. The van der Waals surface area contributed by atoms with E-state index in [1.54, 1.807) is 6.20 Å². The Kier molecular flexibility index (Phi) is 2.92. The van der Waals surface area contributed by atoms with Crippen molar-refractivity contribution in [3.63, 3.8) is 0 Å². The van der Waals surface area contributed by atoms with Crippen LogP contribution < -0.4 is 9.80 Å². The van der Waals surface area contributed by atoms with Gasteiger partial charge in [-0.15, -0.1) is 5.10 Å². The highest BCUT2D eigenvalue weighted by atomic mass is 15.4. The Balaban J connectivity index is 1.49. The highest BCUT2D eigenvalue weighted by Crippen LogP contribution is 2.17. The lowest BCUT2D eigenvalue weighted by Crippen LogP contribution is -2.47. The van der Waals surface area contributed by atoms with Crippen molar-refractivity contribution >= 4 is 17.3 Å². The maximum Gasteiger partial charge on any atom is 0.153 e. The minimum absolute atomic E-state index is 0.880. The summed E-state index contributed by atoms with van der Waals surface area (Å²) in [6.45, 7) is 3.81. The molecule has 0 radical (unpaired) electrons. The predicted octanol–water partition coefficient (Wildman–Crippen LogP) is 1.45. The fourth-order valence-corrected chi connectivity index (χ4v) is 2.68. The topological polar surface area (TPSA) is 49.6 Å². The van der Waals surface area contributed by atoms with Gasteiger partial charge in [0.2, 0.25) is 0 Å². The summed E-state index contributed by atoms with van der Waals surface area (Å²) in [5, 5.41) is 4.60. The van der Waals surface area contributed by atoms with E-state index in [4.69, 9.17) is 0 Å². The summed E-state index contributed by atoms with van der Waals surface area (Å²) in [6.07, 6.45) is 5.49. The van der Waals surface area contributed by atoms with E-state index in [-0.39, 0.29) is 0 Å². The van der Waals surface area contributed by atoms with Gasteiger partial charge >= 0.3 is 0 Å². The lowest BCUT2D eigenvalue weighted by atomic mass is 10.3. The Morgan fingerprint density at radius 1 is 0.762 bits per heavy atom. The zero-order valence-electron chi connectivity index (χ0n) is 11.6. The zero-order valence-corrected chi connectivity index (χ0v) is 11.6. The molecule has 0 unspecified atom stereocenters. The summed E-state index contributed by atoms with van der Waals surface area (Å²) in [6, 6.07) is 10.1. The second kappa shape index (κ2) is 5.05. The predicted molar refractivity (Wildman–Crippen MR) is 81.7 cm³/mol. The largest absolute Gasteiger partial charge is 0.353 e. The van der Waals surface area contributed by atoms with Gasteiger partial charge in [-0.05, 0) is 24.3 Å². The highest BCUT2D eigenvalue weighted by Gasteiger charge is 2.19. The first-order valence-corrected chi connectivity index (χ1v) is 7.11. The van der Waals surface area contributed by atoms with Crippen LogP contribution in [0.15, 0.2) is 48.9 Å². The van der Waals surface area contributed by atoms with Crippen LogP contribution in [0.25, 0.3) is 5.65 Å². The molecule has 6 nitrogen and oxygen atoms in total. The molecule has 0 atom stereocenters. The summed E-state index contributed by atoms with van der Waals surface area (Å²) < 4.78 is 1.82. The molecule has 1 aliphatic heterocycles. The number of fused-ring (bicyclic) bond motifs is 1. The molecule has 3 aromatic heterocycles. The average Bonchev–Trinajstić information content (AvgIpc) is 3.03. The fraction of sp³-hybridized carbons (Fsp3) is 0.267. The van der Waals surface area contributed by atoms with Gasteiger partial charge in [0.15, 0.2) is 5.65 Å². The van der Waals surface area contributed by atoms with Crippen molar-refractivity contribution in [3.05, 3.63) is 48.9 Å². The third-order valence-electron chi connectivity index (χ3n) is 3.82. The molecule has 0 N–H and O–H groups in total. The first-order valence-electron chi connectivity index (χ1n) is 7.11. The molecule has 0 aromatic carbocycles. The van der Waals surface area contributed by atoms with Gasteiger partial charge < -0.3 is 9.80 Å². The Morgan fingerprint density at radius 2 is 1.57 bits per heavy atom. The third-order valence-corrected chi connectivity index (χ3v) is 3.82. The number of imidazole rings is 1. The molecule has 0 saturated carbocycles. The first kappa shape index (κ1) is 12.1. The van der Waals surface area contributed by atoms with Crippen LogP contribution in [0.1, 0.15) is 0 Å². The average molecular weight is 280 g/mol. The van der Waals surface area contributed by atoms with Crippen LogP contribution in [0.2, 0.25) is 0 Å². The molecule has 4 heterocycles. The Bertz CT molecular complexity index is 730. The molecular formula is C15H16N6. The molecule has 3 aromatic rings. The maximum atomic E-state index is 4.60. The van der Waals surface area contributed by atoms with Crippen molar-refractivity contribution < 1.29 is 0 Å². The molecule has 6 heteroatoms. The summed E-state index contributed by atoms with van der Waals surface area (Å²) in [5.74, 6) is 2.05. The van der Waals surface area contributed by atoms with Crippen LogP contribution >= 0.6 is 0 Å². The lowest BCUT2D eigenvalue weighted by molar-refractivity contribution is 0.636. The van der Waals surface area contributed by atoms with Crippen molar-refractivity contribution in [1.82, 2.24) is 19.6 Å². The summed E-state index contributed by atoms with van der Waals surface area (Å²) in [4.78, 5) is 13.3. The first-order chi connectivity index (χ1) is 10.4. The smallest absolute Gasteiger partial charge is 0.153 e. The molecule has 106 valence electrons. The lowest BCUT2D eigenvalue weighted by Gasteiger charge is -2.35. The van der Waals surface area contributed by atoms with Crippen LogP contribution in [0.5, 0.6) is 0 Å². The number of anilines is 2. The molecule has 0 aliphatic carbocycles. The summed E-state index contributed by atoms with van der Waals surface area (Å²) in [5.41, 5.74) is 0.880. The van der Waals surface area contributed by atoms with Crippen molar-refractivity contribution in [2.45, 2.75) is 0 Å². The van der Waals surface area contributed by atoms with E-state index in [1.807, 2.05) is 41.2 Å². The number of piperazine rings is 1. The van der Waals surface area contributed by atoms with Crippen LogP contribution in [0.3, 0.4) is 0 Å². The van der Waals surface area contributed by atoms with Crippen LogP contribution in [0.4, 0.5) is 11.6 Å². The molecule has 21 heavy (non-hydrogen) atoms. The summed E-state index contributed by atoms with van der Waals surface area (Å²) >= 11 is 0. The second-order valence-electron chi connectivity index (χ2n) is 5.08. The highest BCUT2D eigenvalue weighted by molar-refractivity contribution is 5.48. The Morgan fingerprint density at radius 3 is 2.33 bits per heavy atom. The van der Waals surface area contributed by atoms with Crippen LogP contribution in [-0.4, -0.2) is 45.8 Å². The van der Waals surface area contributed by atoms with E-state index < -0.39 is 0 Å². The van der Waals surface area contributed by atoms with Gasteiger partial charge in [-0.25, -0.2) is 14.5 Å². The van der Waals surface area contributed by atoms with E-state index in [9.17, 15) is 0 Å². The fourth-order valence-electron chi connectivity index (χ4n) is 2.68. The number of nitrogens with zero attached hydrogens (tertiary/aromatic N) is 6. The second-order valence-corrected chi connectivity index (χ2v) is 5.08. The monoisotopic (exact) mass is 280 g/mol. The van der Waals surface area contributed by atoms with Crippen molar-refractivity contribution in [2.75, 3.05) is 36.0 Å². The van der Waals surface area contributed by atoms with Crippen molar-refractivity contribution in [1.29, 1.82) is 0 Å². The van der Waals surface area contributed by atoms with Gasteiger partial charge in [-0.1, -0.05) is 6.07 Å². The molecule has 1 aliphatic rings. The summed E-state index contributed by atoms with van der Waals surface area (Å²) in [7, 11) is 0. The van der Waals surface area contributed by atoms with Crippen LogP contribution in [0, 0.1) is 0 Å². The third kappa shape index (κ3) is 2.29. The van der Waals surface area contributed by atoms with E-state index in [1.165, 1.54) is 0 Å². The van der Waals surface area contributed by atoms with Crippen molar-refractivity contribution in [2.24, 2.45) is 0 Å². The Labute approximate surface area is 122 Å². The zero-order chi connectivity index (χ0) is 14.1. The minimum atomic E-state index is 0.880. The molecule has 0 bridgehead atoms. The van der Waals surface area contributed by atoms with Gasteiger partial charge in [0, 0.05) is 44.8 Å². The normalized spacial score (nSPS) is 15.6. The Hall–Kier alpha value is -2.63. The van der Waals surface area contributed by atoms with E-state index >= 15 is 0 Å². The van der Waals surface area contributed by atoms with Gasteiger partial charge in [-0.2, -0.15) is 0 Å². The standard InChI is InChI=1S/C15H16N6/c1-2-6-16-13(3-1)19-9-11-20(12-10-19)15-5-4-14-17-7-8-21(14)18-15/h1-8H,9-12H2. The number of aromatic nitrogens is 4. The van der Waals surface area contributed by atoms with Crippen LogP contribution in [-0.2, 0) is 0 Å². The molecular weight excluding hydrogens is 264 g/mol. The van der Waals surface area contributed by atoms with E-state index in [2.05, 4.69) is 30.9 Å². The van der Waals surface area contributed by atoms with Gasteiger partial charge in [0.05, 0.1) is 0 Å². The number of hydrogen-bond donors (Lipinski definition) is 0.